The van der Waals surface area contributed by atoms with Crippen molar-refractivity contribution in [2.45, 2.75) is 129 Å². The Kier molecular flexibility index (Phi) is 24.2. The summed E-state index contributed by atoms with van der Waals surface area (Å²) in [7, 11) is -2.35. The van der Waals surface area contributed by atoms with Crippen LogP contribution in [0.5, 0.6) is 0 Å². The number of unbranched alkanes of at least 4 members (excludes halogenated alkanes) is 15. The molecule has 2 unspecified atom stereocenters. The average Bonchev–Trinajstić information content (AvgIpc) is 2.80. The Morgan fingerprint density at radius 3 is 1.59 bits per heavy atom. The number of hydrogen-bond acceptors (Lipinski definition) is 6. The maximum atomic E-state index is 12.5. The zero-order chi connectivity index (χ0) is 23.8. The smallest absolute Gasteiger partial charge is 0.394 e. The summed E-state index contributed by atoms with van der Waals surface area (Å²) in [5.74, 6) is 0. The SMILES string of the molecule is CCCCCCCCCCCCCCCCOCC(CO)OP(=O)(OC)OCCCCC. The van der Waals surface area contributed by atoms with Gasteiger partial charge in [-0.3, -0.25) is 13.6 Å². The predicted molar refractivity (Wildman–Crippen MR) is 133 cm³/mol. The molecule has 194 valence electrons. The van der Waals surface area contributed by atoms with Gasteiger partial charge in [-0.15, -0.1) is 0 Å². The van der Waals surface area contributed by atoms with Crippen LogP contribution in [0.3, 0.4) is 0 Å². The molecule has 6 nitrogen and oxygen atoms in total. The van der Waals surface area contributed by atoms with Crippen LogP contribution in [-0.2, 0) is 22.9 Å². The molecule has 7 heteroatoms. The Balaban J connectivity index is 3.58. The van der Waals surface area contributed by atoms with E-state index in [2.05, 4.69) is 13.8 Å². The molecule has 0 aromatic rings. The summed E-state index contributed by atoms with van der Waals surface area (Å²) in [6.45, 7) is 5.18. The first-order valence-electron chi connectivity index (χ1n) is 13.3. The lowest BCUT2D eigenvalue weighted by atomic mass is 10.0. The number of rotatable bonds is 26. The van der Waals surface area contributed by atoms with Crippen LogP contribution < -0.4 is 0 Å². The van der Waals surface area contributed by atoms with Crippen molar-refractivity contribution in [3.63, 3.8) is 0 Å². The highest BCUT2D eigenvalue weighted by Crippen LogP contribution is 2.49. The largest absolute Gasteiger partial charge is 0.474 e. The molecule has 0 aromatic carbocycles. The highest BCUT2D eigenvalue weighted by Gasteiger charge is 2.29. The highest BCUT2D eigenvalue weighted by molar-refractivity contribution is 7.48. The summed E-state index contributed by atoms with van der Waals surface area (Å²) in [5.41, 5.74) is 0. The molecule has 1 N–H and O–H groups in total. The van der Waals surface area contributed by atoms with Crippen LogP contribution in [0.4, 0.5) is 0 Å². The van der Waals surface area contributed by atoms with Crippen molar-refractivity contribution in [3.05, 3.63) is 0 Å². The van der Waals surface area contributed by atoms with Crippen molar-refractivity contribution >= 4 is 7.82 Å². The normalized spacial score (nSPS) is 14.5. The maximum absolute atomic E-state index is 12.5. The molecule has 0 bridgehead atoms. The highest BCUT2D eigenvalue weighted by atomic mass is 31.2. The first-order chi connectivity index (χ1) is 15.6. The van der Waals surface area contributed by atoms with Crippen LogP contribution in [0.15, 0.2) is 0 Å². The van der Waals surface area contributed by atoms with E-state index in [0.717, 1.165) is 32.1 Å². The molecule has 0 saturated carbocycles. The third kappa shape index (κ3) is 20.6. The van der Waals surface area contributed by atoms with Gasteiger partial charge in [-0.25, -0.2) is 4.57 Å². The zero-order valence-electron chi connectivity index (χ0n) is 21.4. The molecule has 0 aliphatic rings. The Morgan fingerprint density at radius 1 is 0.688 bits per heavy atom. The van der Waals surface area contributed by atoms with E-state index >= 15 is 0 Å². The Hall–Kier alpha value is 0.0300. The van der Waals surface area contributed by atoms with Gasteiger partial charge in [0.1, 0.15) is 6.10 Å². The second-order valence-corrected chi connectivity index (χ2v) is 10.5. The fourth-order valence-corrected chi connectivity index (χ4v) is 4.66. The Bertz CT molecular complexity index is 421. The molecule has 0 heterocycles. The van der Waals surface area contributed by atoms with Crippen LogP contribution in [0.1, 0.15) is 123 Å². The van der Waals surface area contributed by atoms with E-state index in [-0.39, 0.29) is 13.2 Å². The van der Waals surface area contributed by atoms with Crippen LogP contribution >= 0.6 is 7.82 Å². The average molecular weight is 481 g/mol. The Morgan fingerprint density at radius 2 is 1.12 bits per heavy atom. The zero-order valence-corrected chi connectivity index (χ0v) is 22.3. The van der Waals surface area contributed by atoms with Crippen molar-refractivity contribution in [1.82, 2.24) is 0 Å². The third-order valence-corrected chi connectivity index (χ3v) is 7.15. The molecule has 0 spiro atoms. The molecular weight excluding hydrogens is 427 g/mol. The van der Waals surface area contributed by atoms with Gasteiger partial charge in [0, 0.05) is 13.7 Å². The minimum atomic E-state index is -3.64. The fraction of sp³-hybridized carbons (Fsp3) is 1.00. The van der Waals surface area contributed by atoms with Gasteiger partial charge < -0.3 is 9.84 Å². The van der Waals surface area contributed by atoms with E-state index in [1.54, 1.807) is 0 Å². The standard InChI is InChI=1S/C25H53O6P/c1-4-6-8-9-10-11-12-13-14-15-16-17-18-20-21-29-24-25(23-26)31-32(27,28-3)30-22-19-7-5-2/h25-26H,4-24H2,1-3H3. The second-order valence-electron chi connectivity index (χ2n) is 8.75. The summed E-state index contributed by atoms with van der Waals surface area (Å²) >= 11 is 0. The molecule has 0 amide bonds. The molecule has 32 heavy (non-hydrogen) atoms. The Labute approximate surface area is 198 Å². The second kappa shape index (κ2) is 24.2. The van der Waals surface area contributed by atoms with Crippen LogP contribution in [0, 0.1) is 0 Å². The summed E-state index contributed by atoms with van der Waals surface area (Å²) in [5, 5.41) is 9.48. The van der Waals surface area contributed by atoms with Gasteiger partial charge in [-0.1, -0.05) is 110 Å². The van der Waals surface area contributed by atoms with Gasteiger partial charge >= 0.3 is 7.82 Å². The lowest BCUT2D eigenvalue weighted by Crippen LogP contribution is -2.24. The van der Waals surface area contributed by atoms with Crippen molar-refractivity contribution in [3.8, 4) is 0 Å². The van der Waals surface area contributed by atoms with E-state index in [1.165, 1.54) is 84.2 Å². The monoisotopic (exact) mass is 480 g/mol. The molecule has 0 fully saturated rings. The van der Waals surface area contributed by atoms with Gasteiger partial charge in [-0.2, -0.15) is 0 Å². The van der Waals surface area contributed by atoms with Crippen LogP contribution in [0.2, 0.25) is 0 Å². The number of hydrogen-bond donors (Lipinski definition) is 1. The minimum Gasteiger partial charge on any atom is -0.394 e. The first-order valence-corrected chi connectivity index (χ1v) is 14.7. The maximum Gasteiger partial charge on any atom is 0.474 e. The van der Waals surface area contributed by atoms with Crippen molar-refractivity contribution < 1.29 is 28.0 Å². The molecule has 0 rings (SSSR count). The van der Waals surface area contributed by atoms with Crippen LogP contribution in [-0.4, -0.2) is 44.7 Å². The minimum absolute atomic E-state index is 0.181. The van der Waals surface area contributed by atoms with E-state index in [9.17, 15) is 9.67 Å². The molecule has 0 radical (unpaired) electrons. The summed E-state index contributed by atoms with van der Waals surface area (Å²) in [6, 6.07) is 0. The van der Waals surface area contributed by atoms with Crippen LogP contribution in [0.25, 0.3) is 0 Å². The molecule has 2 atom stereocenters. The van der Waals surface area contributed by atoms with Crippen molar-refractivity contribution in [2.75, 3.05) is 33.5 Å². The quantitative estimate of drug-likeness (QED) is 0.100. The summed E-state index contributed by atoms with van der Waals surface area (Å²) in [6.07, 6.45) is 20.7. The molecule has 0 aliphatic carbocycles. The molecule has 0 saturated heterocycles. The van der Waals surface area contributed by atoms with E-state index < -0.39 is 13.9 Å². The van der Waals surface area contributed by atoms with E-state index in [0.29, 0.717) is 13.2 Å². The number of phosphoric ester groups is 1. The first kappa shape index (κ1) is 32.0. The van der Waals surface area contributed by atoms with E-state index in [4.69, 9.17) is 18.3 Å². The van der Waals surface area contributed by atoms with Gasteiger partial charge in [-0.05, 0) is 12.8 Å². The number of aliphatic hydroxyl groups is 1. The van der Waals surface area contributed by atoms with Crippen molar-refractivity contribution in [1.29, 1.82) is 0 Å². The van der Waals surface area contributed by atoms with E-state index in [1.807, 2.05) is 0 Å². The third-order valence-electron chi connectivity index (χ3n) is 5.65. The lowest BCUT2D eigenvalue weighted by molar-refractivity contribution is -0.00486. The predicted octanol–water partition coefficient (Wildman–Crippen LogP) is 7.82. The molecular formula is C25H53O6P. The summed E-state index contributed by atoms with van der Waals surface area (Å²) < 4.78 is 33.7. The number of ether oxygens (including phenoxy) is 1. The number of phosphoric acid groups is 1. The van der Waals surface area contributed by atoms with Crippen molar-refractivity contribution in [2.24, 2.45) is 0 Å². The fourth-order valence-electron chi connectivity index (χ4n) is 3.57. The van der Waals surface area contributed by atoms with Gasteiger partial charge in [0.25, 0.3) is 0 Å². The topological polar surface area (TPSA) is 74.2 Å². The van der Waals surface area contributed by atoms with Gasteiger partial charge in [0.2, 0.25) is 0 Å². The summed E-state index contributed by atoms with van der Waals surface area (Å²) in [4.78, 5) is 0. The van der Waals surface area contributed by atoms with Gasteiger partial charge in [0.15, 0.2) is 0 Å². The lowest BCUT2D eigenvalue weighted by Gasteiger charge is -2.21. The van der Waals surface area contributed by atoms with Gasteiger partial charge in [0.05, 0.1) is 19.8 Å². The number of aliphatic hydroxyl groups excluding tert-OH is 1. The molecule has 0 aliphatic heterocycles. The molecule has 0 aromatic heterocycles.